The molecule has 2 nitrogen and oxygen atoms in total. The van der Waals surface area contributed by atoms with E-state index in [1.54, 1.807) is 6.92 Å². The summed E-state index contributed by atoms with van der Waals surface area (Å²) in [6.07, 6.45) is 0. The molecule has 0 aliphatic heterocycles. The first kappa shape index (κ1) is 9.29. The quantitative estimate of drug-likeness (QED) is 0.572. The number of carbonyl (C=O) groups excluding carboxylic acids is 1. The summed E-state index contributed by atoms with van der Waals surface area (Å²) < 4.78 is 2.96. The highest BCUT2D eigenvalue weighted by Crippen LogP contribution is 2.14. The summed E-state index contributed by atoms with van der Waals surface area (Å²) in [5.74, 6) is 0.107. The Hall–Kier alpha value is -0.800. The summed E-state index contributed by atoms with van der Waals surface area (Å²) in [6.45, 7) is 1.57. The topological polar surface area (TPSA) is 29.1 Å². The second-order valence-electron chi connectivity index (χ2n) is 2.39. The van der Waals surface area contributed by atoms with E-state index >= 15 is 0 Å². The average molecular weight is 181 g/mol. The van der Waals surface area contributed by atoms with E-state index in [0.717, 1.165) is 10.5 Å². The van der Waals surface area contributed by atoms with Crippen molar-refractivity contribution in [1.29, 1.82) is 0 Å². The van der Waals surface area contributed by atoms with Crippen LogP contribution in [-0.2, 0) is 0 Å². The highest BCUT2D eigenvalue weighted by Gasteiger charge is 1.97. The molecule has 1 aromatic rings. The Bertz CT molecular complexity index is 268. The van der Waals surface area contributed by atoms with Crippen LogP contribution in [0.25, 0.3) is 0 Å². The van der Waals surface area contributed by atoms with Gasteiger partial charge >= 0.3 is 0 Å². The average Bonchev–Trinajstić information content (AvgIpc) is 2.06. The number of Topliss-reactive ketones (excluding diaryl/α,β-unsaturated/α-hetero) is 1. The summed E-state index contributed by atoms with van der Waals surface area (Å²) in [5.41, 5.74) is 0.760. The van der Waals surface area contributed by atoms with E-state index in [0.29, 0.717) is 0 Å². The summed E-state index contributed by atoms with van der Waals surface area (Å²) >= 11 is 1.53. The number of rotatable bonds is 3. The molecule has 12 heavy (non-hydrogen) atoms. The van der Waals surface area contributed by atoms with Crippen LogP contribution in [0.5, 0.6) is 0 Å². The lowest BCUT2D eigenvalue weighted by Crippen LogP contribution is -1.93. The third kappa shape index (κ3) is 2.36. The van der Waals surface area contributed by atoms with E-state index in [1.165, 1.54) is 11.9 Å². The minimum absolute atomic E-state index is 0.107. The molecule has 0 spiro atoms. The van der Waals surface area contributed by atoms with E-state index < -0.39 is 0 Å². The molecule has 0 aromatic heterocycles. The van der Waals surface area contributed by atoms with Crippen LogP contribution in [-0.4, -0.2) is 12.8 Å². The van der Waals surface area contributed by atoms with Gasteiger partial charge in [0.2, 0.25) is 0 Å². The zero-order chi connectivity index (χ0) is 8.97. The third-order valence-electron chi connectivity index (χ3n) is 1.48. The first-order chi connectivity index (χ1) is 5.74. The Morgan fingerprint density at radius 3 is 2.33 bits per heavy atom. The second kappa shape index (κ2) is 4.28. The third-order valence-corrected chi connectivity index (χ3v) is 2.19. The number of carbonyl (C=O) groups is 1. The zero-order valence-electron chi connectivity index (χ0n) is 7.13. The fraction of sp³-hybridized carbons (Fsp3) is 0.222. The fourth-order valence-electron chi connectivity index (χ4n) is 0.876. The Balaban J connectivity index is 2.78. The van der Waals surface area contributed by atoms with Crippen molar-refractivity contribution < 1.29 is 4.79 Å². The van der Waals surface area contributed by atoms with Crippen molar-refractivity contribution in [1.82, 2.24) is 4.72 Å². The van der Waals surface area contributed by atoms with Gasteiger partial charge in [-0.15, -0.1) is 0 Å². The van der Waals surface area contributed by atoms with Crippen molar-refractivity contribution in [3.05, 3.63) is 29.8 Å². The van der Waals surface area contributed by atoms with E-state index in [-0.39, 0.29) is 5.78 Å². The van der Waals surface area contributed by atoms with Gasteiger partial charge < -0.3 is 0 Å². The fourth-order valence-corrected chi connectivity index (χ4v) is 1.38. The van der Waals surface area contributed by atoms with E-state index in [4.69, 9.17) is 0 Å². The number of hydrogen-bond acceptors (Lipinski definition) is 3. The Morgan fingerprint density at radius 2 is 1.92 bits per heavy atom. The highest BCUT2D eigenvalue weighted by atomic mass is 32.2. The molecular weight excluding hydrogens is 170 g/mol. The predicted molar refractivity (Wildman–Crippen MR) is 51.4 cm³/mol. The van der Waals surface area contributed by atoms with Crippen molar-refractivity contribution in [3.63, 3.8) is 0 Å². The molecule has 0 heterocycles. The maximum atomic E-state index is 10.9. The molecule has 1 rings (SSSR count). The number of benzene rings is 1. The van der Waals surface area contributed by atoms with E-state index in [1.807, 2.05) is 31.3 Å². The van der Waals surface area contributed by atoms with Gasteiger partial charge in [-0.2, -0.15) is 0 Å². The van der Waals surface area contributed by atoms with Gasteiger partial charge in [0.1, 0.15) is 0 Å². The van der Waals surface area contributed by atoms with Crippen LogP contribution in [0.3, 0.4) is 0 Å². The lowest BCUT2D eigenvalue weighted by molar-refractivity contribution is 0.101. The smallest absolute Gasteiger partial charge is 0.159 e. The molecule has 64 valence electrons. The molecule has 0 bridgehead atoms. The Kier molecular flexibility index (Phi) is 3.31. The number of nitrogens with one attached hydrogen (secondary N) is 1. The molecule has 0 aliphatic rings. The first-order valence-corrected chi connectivity index (χ1v) is 4.50. The van der Waals surface area contributed by atoms with Gasteiger partial charge in [0, 0.05) is 10.5 Å². The van der Waals surface area contributed by atoms with E-state index in [9.17, 15) is 4.79 Å². The van der Waals surface area contributed by atoms with Gasteiger partial charge in [-0.3, -0.25) is 9.52 Å². The molecule has 3 heteroatoms. The summed E-state index contributed by atoms with van der Waals surface area (Å²) in [4.78, 5) is 12.0. The van der Waals surface area contributed by atoms with Crippen molar-refractivity contribution in [2.45, 2.75) is 11.8 Å². The van der Waals surface area contributed by atoms with Gasteiger partial charge in [0.05, 0.1) is 0 Å². The lowest BCUT2D eigenvalue weighted by Gasteiger charge is -1.99. The molecule has 0 unspecified atom stereocenters. The number of hydrogen-bond donors (Lipinski definition) is 1. The van der Waals surface area contributed by atoms with Crippen molar-refractivity contribution in [2.24, 2.45) is 0 Å². The van der Waals surface area contributed by atoms with Crippen molar-refractivity contribution in [2.75, 3.05) is 7.05 Å². The van der Waals surface area contributed by atoms with Crippen LogP contribution in [0.15, 0.2) is 29.2 Å². The van der Waals surface area contributed by atoms with Crippen LogP contribution in [0, 0.1) is 0 Å². The Morgan fingerprint density at radius 1 is 1.33 bits per heavy atom. The molecule has 0 atom stereocenters. The van der Waals surface area contributed by atoms with Gasteiger partial charge in [-0.05, 0) is 38.1 Å². The summed E-state index contributed by atoms with van der Waals surface area (Å²) in [5, 5.41) is 0. The highest BCUT2D eigenvalue weighted by molar-refractivity contribution is 7.97. The first-order valence-electron chi connectivity index (χ1n) is 3.68. The minimum atomic E-state index is 0.107. The normalized spacial score (nSPS) is 9.83. The molecule has 1 N–H and O–H groups in total. The monoisotopic (exact) mass is 181 g/mol. The molecule has 0 amide bonds. The molecule has 0 radical (unpaired) electrons. The molecular formula is C9H11NOS. The standard InChI is InChI=1S/C9H11NOS/c1-7(11)8-3-5-9(6-4-8)12-10-2/h3-6,10H,1-2H3. The van der Waals surface area contributed by atoms with Crippen molar-refractivity contribution >= 4 is 17.7 Å². The predicted octanol–water partition coefficient (Wildman–Crippen LogP) is 2.12. The largest absolute Gasteiger partial charge is 0.295 e. The maximum Gasteiger partial charge on any atom is 0.159 e. The lowest BCUT2D eigenvalue weighted by atomic mass is 10.2. The zero-order valence-corrected chi connectivity index (χ0v) is 7.94. The van der Waals surface area contributed by atoms with Crippen LogP contribution >= 0.6 is 11.9 Å². The van der Waals surface area contributed by atoms with Gasteiger partial charge in [-0.25, -0.2) is 0 Å². The molecule has 0 saturated carbocycles. The minimum Gasteiger partial charge on any atom is -0.295 e. The van der Waals surface area contributed by atoms with E-state index in [2.05, 4.69) is 4.72 Å². The molecule has 0 saturated heterocycles. The van der Waals surface area contributed by atoms with Gasteiger partial charge in [0.25, 0.3) is 0 Å². The van der Waals surface area contributed by atoms with Crippen molar-refractivity contribution in [3.8, 4) is 0 Å². The summed E-state index contributed by atoms with van der Waals surface area (Å²) in [7, 11) is 1.86. The van der Waals surface area contributed by atoms with Gasteiger partial charge in [0.15, 0.2) is 5.78 Å². The van der Waals surface area contributed by atoms with Gasteiger partial charge in [-0.1, -0.05) is 12.1 Å². The summed E-state index contributed by atoms with van der Waals surface area (Å²) in [6, 6.07) is 7.53. The second-order valence-corrected chi connectivity index (χ2v) is 3.47. The Labute approximate surface area is 76.5 Å². The number of ketones is 1. The molecule has 0 aliphatic carbocycles. The van der Waals surface area contributed by atoms with Crippen LogP contribution in [0.1, 0.15) is 17.3 Å². The van der Waals surface area contributed by atoms with Crippen LogP contribution in [0.4, 0.5) is 0 Å². The SMILES string of the molecule is CNSc1ccc(C(C)=O)cc1. The maximum absolute atomic E-state index is 10.9. The molecule has 1 aromatic carbocycles. The van der Waals surface area contributed by atoms with Crippen LogP contribution in [0.2, 0.25) is 0 Å². The van der Waals surface area contributed by atoms with Crippen LogP contribution < -0.4 is 4.72 Å². The molecule has 0 fully saturated rings.